The van der Waals surface area contributed by atoms with Gasteiger partial charge in [0, 0.05) is 12.1 Å². The molecule has 0 saturated carbocycles. The number of rotatable bonds is 3. The van der Waals surface area contributed by atoms with Gasteiger partial charge in [-0.1, -0.05) is 0 Å². The lowest BCUT2D eigenvalue weighted by Gasteiger charge is -2.38. The number of fused-ring (bicyclic) bond motifs is 1. The fourth-order valence-corrected chi connectivity index (χ4v) is 3.32. The van der Waals surface area contributed by atoms with Gasteiger partial charge in [-0.2, -0.15) is 0 Å². The van der Waals surface area contributed by atoms with Gasteiger partial charge in [-0.25, -0.2) is 4.42 Å². The number of phenols is 3. The molecule has 3 aromatic rings. The van der Waals surface area contributed by atoms with Gasteiger partial charge >= 0.3 is 11.3 Å². The minimum atomic E-state index is -1.55. The standard InChI is InChI=1S/C21H20O9/c1-9-17(25)18(26)19(27)21(28-9)30-16-8-13-14(24)6-12(23)7-15(13)29-20(16)10-2-4-11(22)5-3-10/h2-9,17-19,21,25-27H,1H3,(H2-,22,23,24)/p+1/t9-,17-,18+,19+,21+/m1/s1. The second kappa shape index (κ2) is 7.62. The molecule has 2 heterocycles. The van der Waals surface area contributed by atoms with Crippen LogP contribution >= 0.6 is 0 Å². The minimum Gasteiger partial charge on any atom is -0.508 e. The zero-order chi connectivity index (χ0) is 21.6. The maximum Gasteiger partial charge on any atom is 0.402 e. The van der Waals surface area contributed by atoms with Crippen molar-refractivity contribution in [3.63, 3.8) is 0 Å². The number of ether oxygens (including phenoxy) is 2. The van der Waals surface area contributed by atoms with Gasteiger partial charge in [0.15, 0.2) is 0 Å². The van der Waals surface area contributed by atoms with E-state index in [9.17, 15) is 30.6 Å². The number of phenolic OH excluding ortho intramolecular Hbond substituents is 3. The molecule has 1 aliphatic heterocycles. The zero-order valence-electron chi connectivity index (χ0n) is 15.8. The molecule has 1 fully saturated rings. The smallest absolute Gasteiger partial charge is 0.402 e. The molecule has 0 radical (unpaired) electrons. The molecule has 1 aliphatic rings. The van der Waals surface area contributed by atoms with E-state index in [1.807, 2.05) is 0 Å². The van der Waals surface area contributed by atoms with Gasteiger partial charge in [-0.15, -0.1) is 0 Å². The van der Waals surface area contributed by atoms with E-state index in [0.29, 0.717) is 5.56 Å². The molecule has 0 amide bonds. The van der Waals surface area contributed by atoms with Crippen molar-refractivity contribution < 1.29 is 44.5 Å². The summed E-state index contributed by atoms with van der Waals surface area (Å²) >= 11 is 0. The number of benzene rings is 2. The molecular weight excluding hydrogens is 396 g/mol. The van der Waals surface area contributed by atoms with Crippen LogP contribution in [-0.4, -0.2) is 61.3 Å². The van der Waals surface area contributed by atoms with E-state index in [2.05, 4.69) is 0 Å². The SMILES string of the molecule is C[C@H]1O[C@@H](Oc2cc3c(O)cc(O)cc3[o+]c2-c2ccc(O)cc2)[C@@H](O)[C@@H](O)[C@@H]1O. The molecule has 1 aromatic heterocycles. The van der Waals surface area contributed by atoms with Gasteiger partial charge in [-0.05, 0) is 31.2 Å². The highest BCUT2D eigenvalue weighted by molar-refractivity contribution is 5.88. The monoisotopic (exact) mass is 417 g/mol. The molecule has 0 spiro atoms. The topological polar surface area (TPSA) is 151 Å². The maximum absolute atomic E-state index is 10.3. The lowest BCUT2D eigenvalue weighted by Crippen LogP contribution is -2.58. The van der Waals surface area contributed by atoms with Crippen molar-refractivity contribution in [2.24, 2.45) is 0 Å². The number of aliphatic hydroxyl groups excluding tert-OH is 3. The molecule has 0 aliphatic carbocycles. The third kappa shape index (κ3) is 3.59. The summed E-state index contributed by atoms with van der Waals surface area (Å²) in [5.74, 6) is -0.198. The summed E-state index contributed by atoms with van der Waals surface area (Å²) in [6, 6.07) is 9.89. The van der Waals surface area contributed by atoms with Crippen molar-refractivity contribution in [1.82, 2.24) is 0 Å². The highest BCUT2D eigenvalue weighted by Crippen LogP contribution is 2.40. The molecule has 2 aromatic carbocycles. The second-order valence-corrected chi connectivity index (χ2v) is 7.16. The molecular formula is C21H21O9+. The van der Waals surface area contributed by atoms with Crippen LogP contribution in [-0.2, 0) is 4.74 Å². The first kappa shape index (κ1) is 20.2. The van der Waals surface area contributed by atoms with E-state index < -0.39 is 30.7 Å². The molecule has 9 heteroatoms. The van der Waals surface area contributed by atoms with Gasteiger partial charge in [-0.3, -0.25) is 0 Å². The van der Waals surface area contributed by atoms with Crippen LogP contribution < -0.4 is 4.74 Å². The van der Waals surface area contributed by atoms with E-state index in [1.165, 1.54) is 31.2 Å². The van der Waals surface area contributed by atoms with E-state index >= 15 is 0 Å². The average Bonchev–Trinajstić information content (AvgIpc) is 2.71. The molecule has 4 rings (SSSR count). The first-order valence-corrected chi connectivity index (χ1v) is 9.23. The minimum absolute atomic E-state index is 0.0364. The number of aliphatic hydroxyl groups is 3. The molecule has 9 nitrogen and oxygen atoms in total. The van der Waals surface area contributed by atoms with E-state index in [-0.39, 0.29) is 39.7 Å². The number of aromatic hydroxyl groups is 3. The zero-order valence-corrected chi connectivity index (χ0v) is 15.8. The lowest BCUT2D eigenvalue weighted by atomic mass is 10.00. The fraction of sp³-hybridized carbons (Fsp3) is 0.286. The summed E-state index contributed by atoms with van der Waals surface area (Å²) in [5.41, 5.74) is 0.656. The van der Waals surface area contributed by atoms with Gasteiger partial charge in [0.1, 0.15) is 40.9 Å². The molecule has 158 valence electrons. The van der Waals surface area contributed by atoms with E-state index in [1.54, 1.807) is 12.1 Å². The summed E-state index contributed by atoms with van der Waals surface area (Å²) in [6.45, 7) is 1.52. The molecule has 0 bridgehead atoms. The maximum atomic E-state index is 10.3. The van der Waals surface area contributed by atoms with Gasteiger partial charge < -0.3 is 40.1 Å². The van der Waals surface area contributed by atoms with Crippen molar-refractivity contribution in [3.8, 4) is 34.3 Å². The Balaban J connectivity index is 1.82. The Labute approximate surface area is 170 Å². The van der Waals surface area contributed by atoms with Crippen LogP contribution in [0.15, 0.2) is 46.9 Å². The molecule has 30 heavy (non-hydrogen) atoms. The van der Waals surface area contributed by atoms with E-state index in [0.717, 1.165) is 6.07 Å². The molecule has 6 N–H and O–H groups in total. The van der Waals surface area contributed by atoms with Gasteiger partial charge in [0.25, 0.3) is 0 Å². The van der Waals surface area contributed by atoms with Crippen LogP contribution in [0.5, 0.6) is 23.0 Å². The van der Waals surface area contributed by atoms with Crippen molar-refractivity contribution in [2.75, 3.05) is 0 Å². The number of hydrogen-bond acceptors (Lipinski definition) is 8. The summed E-state index contributed by atoms with van der Waals surface area (Å²) in [4.78, 5) is 0. The largest absolute Gasteiger partial charge is 0.508 e. The summed E-state index contributed by atoms with van der Waals surface area (Å²) in [6.07, 6.45) is -6.47. The van der Waals surface area contributed by atoms with Crippen LogP contribution in [0.3, 0.4) is 0 Å². The Morgan fingerprint density at radius 2 is 1.57 bits per heavy atom. The molecule has 0 unspecified atom stereocenters. The summed E-state index contributed by atoms with van der Waals surface area (Å²) in [7, 11) is 0. The van der Waals surface area contributed by atoms with Crippen LogP contribution in [0.1, 0.15) is 6.92 Å². The van der Waals surface area contributed by atoms with Crippen molar-refractivity contribution in [1.29, 1.82) is 0 Å². The van der Waals surface area contributed by atoms with E-state index in [4.69, 9.17) is 13.9 Å². The Morgan fingerprint density at radius 1 is 0.867 bits per heavy atom. The summed E-state index contributed by atoms with van der Waals surface area (Å²) in [5, 5.41) is 60.0. The predicted molar refractivity (Wildman–Crippen MR) is 104 cm³/mol. The first-order chi connectivity index (χ1) is 14.2. The van der Waals surface area contributed by atoms with Gasteiger partial charge in [0.2, 0.25) is 12.0 Å². The Morgan fingerprint density at radius 3 is 2.27 bits per heavy atom. The lowest BCUT2D eigenvalue weighted by molar-refractivity contribution is -0.268. The van der Waals surface area contributed by atoms with Crippen molar-refractivity contribution in [3.05, 3.63) is 42.5 Å². The normalized spacial score (nSPS) is 26.6. The highest BCUT2D eigenvalue weighted by atomic mass is 16.7. The van der Waals surface area contributed by atoms with Crippen molar-refractivity contribution >= 4 is 11.0 Å². The van der Waals surface area contributed by atoms with Crippen LogP contribution in [0.25, 0.3) is 22.3 Å². The third-order valence-corrected chi connectivity index (χ3v) is 5.00. The summed E-state index contributed by atoms with van der Waals surface area (Å²) < 4.78 is 17.1. The third-order valence-electron chi connectivity index (χ3n) is 5.00. The Kier molecular flexibility index (Phi) is 5.12. The predicted octanol–water partition coefficient (Wildman–Crippen LogP) is 1.70. The van der Waals surface area contributed by atoms with Crippen LogP contribution in [0.4, 0.5) is 0 Å². The fourth-order valence-electron chi connectivity index (χ4n) is 3.32. The molecule has 1 saturated heterocycles. The van der Waals surface area contributed by atoms with Crippen LogP contribution in [0.2, 0.25) is 0 Å². The van der Waals surface area contributed by atoms with Gasteiger partial charge in [0.05, 0.1) is 17.7 Å². The molecule has 5 atom stereocenters. The average molecular weight is 417 g/mol. The number of hydrogen-bond donors (Lipinski definition) is 6. The first-order valence-electron chi connectivity index (χ1n) is 9.23. The second-order valence-electron chi connectivity index (χ2n) is 7.16. The highest BCUT2D eigenvalue weighted by Gasteiger charge is 2.44. The Hall–Kier alpha value is -3.11. The van der Waals surface area contributed by atoms with Crippen molar-refractivity contribution in [2.45, 2.75) is 37.6 Å². The Bertz CT molecular complexity index is 1070. The van der Waals surface area contributed by atoms with Crippen LogP contribution in [0, 0.1) is 0 Å². The quantitative estimate of drug-likeness (QED) is 0.350.